The number of ether oxygens (including phenoxy) is 2. The second kappa shape index (κ2) is 5.23. The fraction of sp³-hybridized carbons (Fsp3) is 0.500. The smallest absolute Gasteiger partial charge is 0.365 e. The third-order valence-corrected chi connectivity index (χ3v) is 4.79. The molecular weight excluding hydrogens is 271 g/mol. The topological polar surface area (TPSA) is 80.8 Å². The molecule has 6 nitrogen and oxygen atoms in total. The van der Waals surface area contributed by atoms with Crippen molar-refractivity contribution in [2.24, 2.45) is 0 Å². The highest BCUT2D eigenvalue weighted by molar-refractivity contribution is 7.62. The van der Waals surface area contributed by atoms with Crippen LogP contribution < -0.4 is 5.30 Å². The van der Waals surface area contributed by atoms with E-state index in [9.17, 15) is 9.67 Å². The van der Waals surface area contributed by atoms with Crippen LogP contribution in [0.2, 0.25) is 0 Å². The molecule has 2 unspecified atom stereocenters. The Morgan fingerprint density at radius 2 is 1.68 bits per heavy atom. The first-order chi connectivity index (χ1) is 9.17. The van der Waals surface area contributed by atoms with E-state index in [1.165, 1.54) is 12.1 Å². The molecule has 0 bridgehead atoms. The molecule has 2 aliphatic rings. The van der Waals surface area contributed by atoms with Gasteiger partial charge in [0.2, 0.25) is 0 Å². The molecule has 19 heavy (non-hydrogen) atoms. The Morgan fingerprint density at radius 3 is 2.16 bits per heavy atom. The van der Waals surface area contributed by atoms with Crippen LogP contribution in [0.15, 0.2) is 24.3 Å². The van der Waals surface area contributed by atoms with Crippen molar-refractivity contribution in [2.75, 3.05) is 26.4 Å². The summed E-state index contributed by atoms with van der Waals surface area (Å²) in [7, 11) is -3.55. The molecule has 1 aromatic rings. The molecule has 2 saturated heterocycles. The van der Waals surface area contributed by atoms with Gasteiger partial charge in [-0.05, 0) is 12.1 Å². The number of hydrogen-bond donors (Lipinski definition) is 1. The van der Waals surface area contributed by atoms with Crippen molar-refractivity contribution in [3.63, 3.8) is 0 Å². The van der Waals surface area contributed by atoms with Crippen LogP contribution in [0.1, 0.15) is 0 Å². The fourth-order valence-electron chi connectivity index (χ4n) is 1.56. The van der Waals surface area contributed by atoms with E-state index in [4.69, 9.17) is 18.5 Å². The summed E-state index contributed by atoms with van der Waals surface area (Å²) < 4.78 is 33.6. The van der Waals surface area contributed by atoms with Gasteiger partial charge in [-0.1, -0.05) is 12.1 Å². The molecule has 2 atom stereocenters. The molecule has 0 radical (unpaired) electrons. The van der Waals surface area contributed by atoms with Gasteiger partial charge in [-0.15, -0.1) is 0 Å². The predicted octanol–water partition coefficient (Wildman–Crippen LogP) is 1.04. The van der Waals surface area contributed by atoms with Gasteiger partial charge in [0.25, 0.3) is 0 Å². The summed E-state index contributed by atoms with van der Waals surface area (Å²) in [5, 5.41) is 9.99. The van der Waals surface area contributed by atoms with Gasteiger partial charge in [0.05, 0.1) is 26.4 Å². The average Bonchev–Trinajstić information content (AvgIpc) is 3.29. The van der Waals surface area contributed by atoms with E-state index in [0.717, 1.165) is 0 Å². The molecule has 0 spiro atoms. The third-order valence-electron chi connectivity index (χ3n) is 2.84. The van der Waals surface area contributed by atoms with Gasteiger partial charge in [0.15, 0.2) is 0 Å². The average molecular weight is 286 g/mol. The largest absolute Gasteiger partial charge is 0.507 e. The lowest BCUT2D eigenvalue weighted by Crippen LogP contribution is -2.15. The number of rotatable bonds is 7. The zero-order valence-electron chi connectivity index (χ0n) is 10.2. The molecule has 0 aliphatic carbocycles. The van der Waals surface area contributed by atoms with E-state index in [2.05, 4.69) is 0 Å². The second-order valence-corrected chi connectivity index (χ2v) is 6.48. The standard InChI is InChI=1S/C12H15O6P/c13-11-3-1-2-4-12(11)19(14,17-7-9-5-15-9)18-8-10-6-16-10/h1-4,9-10,13H,5-8H2. The van der Waals surface area contributed by atoms with Gasteiger partial charge in [0.1, 0.15) is 23.3 Å². The number of epoxide rings is 2. The van der Waals surface area contributed by atoms with Crippen molar-refractivity contribution in [2.45, 2.75) is 12.2 Å². The zero-order chi connectivity index (χ0) is 13.3. The minimum atomic E-state index is -3.55. The molecule has 7 heteroatoms. The number of phenols is 1. The van der Waals surface area contributed by atoms with E-state index in [0.29, 0.717) is 13.2 Å². The summed E-state index contributed by atoms with van der Waals surface area (Å²) in [5.41, 5.74) is 0. The SMILES string of the molecule is O=P(OCC1CO1)(OCC1CO1)c1ccccc1O. The Labute approximate surface area is 110 Å². The molecule has 104 valence electrons. The quantitative estimate of drug-likeness (QED) is 0.596. The van der Waals surface area contributed by atoms with Crippen molar-refractivity contribution in [3.05, 3.63) is 24.3 Å². The maximum Gasteiger partial charge on any atom is 0.365 e. The minimum absolute atomic E-state index is 0.0278. The van der Waals surface area contributed by atoms with Crippen LogP contribution in [0.3, 0.4) is 0 Å². The highest BCUT2D eigenvalue weighted by Gasteiger charge is 2.36. The van der Waals surface area contributed by atoms with Crippen LogP contribution >= 0.6 is 7.60 Å². The fourth-order valence-corrected chi connectivity index (χ4v) is 3.26. The van der Waals surface area contributed by atoms with Crippen molar-refractivity contribution in [3.8, 4) is 5.75 Å². The lowest BCUT2D eigenvalue weighted by molar-refractivity contribution is 0.184. The molecule has 1 N–H and O–H groups in total. The lowest BCUT2D eigenvalue weighted by atomic mass is 10.3. The van der Waals surface area contributed by atoms with Crippen LogP contribution in [0.25, 0.3) is 0 Å². The minimum Gasteiger partial charge on any atom is -0.507 e. The van der Waals surface area contributed by atoms with Crippen molar-refractivity contribution < 1.29 is 28.2 Å². The van der Waals surface area contributed by atoms with E-state index in [1.54, 1.807) is 12.1 Å². The summed E-state index contributed by atoms with van der Waals surface area (Å²) in [5.74, 6) is -0.0979. The van der Waals surface area contributed by atoms with Crippen LogP contribution in [-0.2, 0) is 23.1 Å². The number of aromatic hydroxyl groups is 1. The zero-order valence-corrected chi connectivity index (χ0v) is 11.1. The molecule has 2 fully saturated rings. The molecular formula is C12H15O6P. The molecule has 2 heterocycles. The number of hydrogen-bond acceptors (Lipinski definition) is 6. The monoisotopic (exact) mass is 286 g/mol. The molecule has 0 saturated carbocycles. The Morgan fingerprint density at radius 1 is 1.16 bits per heavy atom. The molecule has 3 rings (SSSR count). The van der Waals surface area contributed by atoms with Crippen molar-refractivity contribution >= 4 is 12.9 Å². The molecule has 0 aromatic heterocycles. The van der Waals surface area contributed by atoms with Crippen LogP contribution in [-0.4, -0.2) is 43.7 Å². The van der Waals surface area contributed by atoms with Gasteiger partial charge in [-0.25, -0.2) is 0 Å². The highest BCUT2D eigenvalue weighted by atomic mass is 31.2. The summed E-state index contributed by atoms with van der Waals surface area (Å²) in [6.07, 6.45) is -0.0556. The van der Waals surface area contributed by atoms with Gasteiger partial charge in [0, 0.05) is 0 Å². The first kappa shape index (κ1) is 13.1. The summed E-state index contributed by atoms with van der Waals surface area (Å²) in [6.45, 7) is 1.59. The van der Waals surface area contributed by atoms with Crippen LogP contribution in [0.4, 0.5) is 0 Å². The lowest BCUT2D eigenvalue weighted by Gasteiger charge is -2.18. The van der Waals surface area contributed by atoms with Gasteiger partial charge >= 0.3 is 7.60 Å². The Kier molecular flexibility index (Phi) is 3.60. The molecule has 1 aromatic carbocycles. The maximum atomic E-state index is 12.8. The van der Waals surface area contributed by atoms with Crippen LogP contribution in [0, 0.1) is 0 Å². The highest BCUT2D eigenvalue weighted by Crippen LogP contribution is 2.50. The van der Waals surface area contributed by atoms with E-state index in [-0.39, 0.29) is 36.5 Å². The number of para-hydroxylation sites is 1. The van der Waals surface area contributed by atoms with E-state index >= 15 is 0 Å². The van der Waals surface area contributed by atoms with Gasteiger partial charge in [-0.2, -0.15) is 0 Å². The molecule has 0 amide bonds. The summed E-state index contributed by atoms with van der Waals surface area (Å²) in [6, 6.07) is 6.32. The van der Waals surface area contributed by atoms with E-state index in [1.807, 2.05) is 0 Å². The maximum absolute atomic E-state index is 12.8. The Balaban J connectivity index is 1.76. The number of phenolic OH excluding ortho intramolecular Hbond substituents is 1. The molecule has 2 aliphatic heterocycles. The van der Waals surface area contributed by atoms with Crippen molar-refractivity contribution in [1.82, 2.24) is 0 Å². The van der Waals surface area contributed by atoms with Crippen LogP contribution in [0.5, 0.6) is 5.75 Å². The van der Waals surface area contributed by atoms with Crippen molar-refractivity contribution in [1.29, 1.82) is 0 Å². The Bertz CT molecular complexity index is 477. The number of benzene rings is 1. The second-order valence-electron chi connectivity index (χ2n) is 4.49. The summed E-state index contributed by atoms with van der Waals surface area (Å²) >= 11 is 0. The normalized spacial score (nSPS) is 27.8. The van der Waals surface area contributed by atoms with E-state index < -0.39 is 7.60 Å². The Hall–Kier alpha value is -0.910. The first-order valence-corrected chi connectivity index (χ1v) is 7.62. The summed E-state index contributed by atoms with van der Waals surface area (Å²) in [4.78, 5) is 0. The van der Waals surface area contributed by atoms with Gasteiger partial charge < -0.3 is 23.6 Å². The first-order valence-electron chi connectivity index (χ1n) is 6.08. The predicted molar refractivity (Wildman–Crippen MR) is 66.7 cm³/mol. The third kappa shape index (κ3) is 3.35. The van der Waals surface area contributed by atoms with Gasteiger partial charge in [-0.3, -0.25) is 4.57 Å².